The molecule has 1 heterocycles. The SMILES string of the molecule is CN1c2cccc3cccc(c23)N(C)C12CCCC2. The van der Waals surface area contributed by atoms with Gasteiger partial charge in [-0.2, -0.15) is 0 Å². The number of anilines is 2. The van der Waals surface area contributed by atoms with E-state index in [0.29, 0.717) is 0 Å². The van der Waals surface area contributed by atoms with E-state index < -0.39 is 0 Å². The molecule has 0 atom stereocenters. The second-order valence-corrected chi connectivity index (χ2v) is 5.96. The first kappa shape index (κ1) is 11.2. The van der Waals surface area contributed by atoms with E-state index in [4.69, 9.17) is 0 Å². The van der Waals surface area contributed by atoms with Crippen LogP contribution in [0.4, 0.5) is 11.4 Å². The second kappa shape index (κ2) is 3.66. The zero-order valence-corrected chi connectivity index (χ0v) is 11.7. The molecule has 0 aromatic heterocycles. The lowest BCUT2D eigenvalue weighted by Crippen LogP contribution is -2.58. The largest absolute Gasteiger partial charge is 0.351 e. The summed E-state index contributed by atoms with van der Waals surface area (Å²) in [6, 6.07) is 13.4. The van der Waals surface area contributed by atoms with Gasteiger partial charge in [0, 0.05) is 30.9 Å². The highest BCUT2D eigenvalue weighted by atomic mass is 15.4. The summed E-state index contributed by atoms with van der Waals surface area (Å²) < 4.78 is 0. The van der Waals surface area contributed by atoms with Gasteiger partial charge in [-0.25, -0.2) is 0 Å². The summed E-state index contributed by atoms with van der Waals surface area (Å²) in [5, 5.41) is 2.76. The van der Waals surface area contributed by atoms with E-state index in [1.54, 1.807) is 0 Å². The van der Waals surface area contributed by atoms with Gasteiger partial charge in [0.1, 0.15) is 5.66 Å². The maximum atomic E-state index is 2.52. The molecule has 0 saturated heterocycles. The van der Waals surface area contributed by atoms with E-state index in [1.807, 2.05) is 0 Å². The molecule has 2 heteroatoms. The predicted molar refractivity (Wildman–Crippen MR) is 82.0 cm³/mol. The fourth-order valence-electron chi connectivity index (χ4n) is 4.15. The molecular weight excluding hydrogens is 232 g/mol. The van der Waals surface area contributed by atoms with E-state index in [-0.39, 0.29) is 5.66 Å². The third-order valence-electron chi connectivity index (χ3n) is 5.24. The molecule has 1 spiro atoms. The van der Waals surface area contributed by atoms with Crippen LogP contribution in [0.3, 0.4) is 0 Å². The zero-order chi connectivity index (χ0) is 13.0. The Balaban J connectivity index is 2.05. The van der Waals surface area contributed by atoms with Gasteiger partial charge in [-0.1, -0.05) is 24.3 Å². The summed E-state index contributed by atoms with van der Waals surface area (Å²) in [7, 11) is 4.54. The molecule has 0 N–H and O–H groups in total. The standard InChI is InChI=1S/C17H20N2/c1-18-14-9-5-7-13-8-6-10-15(16(13)14)19(2)17(18)11-3-4-12-17/h5-10H,3-4,11-12H2,1-2H3. The average molecular weight is 252 g/mol. The molecule has 2 aromatic rings. The van der Waals surface area contributed by atoms with E-state index in [0.717, 1.165) is 0 Å². The first-order chi connectivity index (χ1) is 9.24. The first-order valence-corrected chi connectivity index (χ1v) is 7.23. The fourth-order valence-corrected chi connectivity index (χ4v) is 4.15. The predicted octanol–water partition coefficient (Wildman–Crippen LogP) is 4.00. The highest BCUT2D eigenvalue weighted by Gasteiger charge is 2.45. The lowest BCUT2D eigenvalue weighted by atomic mass is 9.94. The smallest absolute Gasteiger partial charge is 0.112 e. The molecule has 19 heavy (non-hydrogen) atoms. The minimum absolute atomic E-state index is 0.197. The summed E-state index contributed by atoms with van der Waals surface area (Å²) in [4.78, 5) is 5.05. The van der Waals surface area contributed by atoms with Gasteiger partial charge in [0.25, 0.3) is 0 Å². The molecule has 0 radical (unpaired) electrons. The van der Waals surface area contributed by atoms with Crippen molar-refractivity contribution in [3.05, 3.63) is 36.4 Å². The van der Waals surface area contributed by atoms with Crippen LogP contribution in [-0.2, 0) is 0 Å². The van der Waals surface area contributed by atoms with E-state index in [1.165, 1.54) is 47.8 Å². The third-order valence-corrected chi connectivity index (χ3v) is 5.24. The molecule has 2 aromatic carbocycles. The lowest BCUT2D eigenvalue weighted by Gasteiger charge is -2.52. The molecular formula is C17H20N2. The average Bonchev–Trinajstić information content (AvgIpc) is 2.93. The Morgan fingerprint density at radius 1 is 0.842 bits per heavy atom. The molecule has 1 aliphatic heterocycles. The zero-order valence-electron chi connectivity index (χ0n) is 11.7. The van der Waals surface area contributed by atoms with Crippen LogP contribution in [0.2, 0.25) is 0 Å². The summed E-state index contributed by atoms with van der Waals surface area (Å²) in [5.41, 5.74) is 2.99. The van der Waals surface area contributed by atoms with Gasteiger partial charge in [-0.3, -0.25) is 0 Å². The minimum Gasteiger partial charge on any atom is -0.351 e. The molecule has 98 valence electrons. The molecule has 2 aliphatic rings. The van der Waals surface area contributed by atoms with Crippen LogP contribution in [0.25, 0.3) is 10.8 Å². The van der Waals surface area contributed by atoms with Crippen LogP contribution in [0.15, 0.2) is 36.4 Å². The Bertz CT molecular complexity index is 594. The molecule has 0 bridgehead atoms. The Morgan fingerprint density at radius 2 is 1.37 bits per heavy atom. The maximum Gasteiger partial charge on any atom is 0.112 e. The van der Waals surface area contributed by atoms with Crippen LogP contribution in [0, 0.1) is 0 Å². The Labute approximate surface area is 114 Å². The number of hydrogen-bond acceptors (Lipinski definition) is 2. The van der Waals surface area contributed by atoms with Crippen molar-refractivity contribution in [3.63, 3.8) is 0 Å². The van der Waals surface area contributed by atoms with Crippen LogP contribution >= 0.6 is 0 Å². The summed E-state index contributed by atoms with van der Waals surface area (Å²) in [6.45, 7) is 0. The van der Waals surface area contributed by atoms with Gasteiger partial charge in [0.2, 0.25) is 0 Å². The van der Waals surface area contributed by atoms with Gasteiger partial charge < -0.3 is 9.80 Å². The van der Waals surface area contributed by atoms with Crippen LogP contribution in [-0.4, -0.2) is 19.8 Å². The second-order valence-electron chi connectivity index (χ2n) is 5.96. The van der Waals surface area contributed by atoms with Crippen molar-refractivity contribution in [1.29, 1.82) is 0 Å². The van der Waals surface area contributed by atoms with Crippen LogP contribution in [0.5, 0.6) is 0 Å². The summed E-state index contributed by atoms with van der Waals surface area (Å²) >= 11 is 0. The lowest BCUT2D eigenvalue weighted by molar-refractivity contribution is 0.405. The van der Waals surface area contributed by atoms with Gasteiger partial charge in [0.15, 0.2) is 0 Å². The van der Waals surface area contributed by atoms with Gasteiger partial charge >= 0.3 is 0 Å². The molecule has 2 nitrogen and oxygen atoms in total. The van der Waals surface area contributed by atoms with Crippen molar-refractivity contribution in [2.24, 2.45) is 0 Å². The normalized spacial score (nSPS) is 20.5. The highest BCUT2D eigenvalue weighted by Crippen LogP contribution is 2.49. The van der Waals surface area contributed by atoms with Crippen molar-refractivity contribution < 1.29 is 0 Å². The quantitative estimate of drug-likeness (QED) is 0.699. The Morgan fingerprint density at radius 3 is 1.89 bits per heavy atom. The number of rotatable bonds is 0. The fraction of sp³-hybridized carbons (Fsp3) is 0.412. The van der Waals surface area contributed by atoms with Crippen molar-refractivity contribution >= 4 is 22.1 Å². The molecule has 4 rings (SSSR count). The summed E-state index contributed by atoms with van der Waals surface area (Å²) in [5.74, 6) is 0. The topological polar surface area (TPSA) is 6.48 Å². The van der Waals surface area contributed by atoms with Gasteiger partial charge in [-0.15, -0.1) is 0 Å². The van der Waals surface area contributed by atoms with Crippen molar-refractivity contribution in [2.75, 3.05) is 23.9 Å². The maximum absolute atomic E-state index is 2.52. The van der Waals surface area contributed by atoms with Crippen molar-refractivity contribution in [1.82, 2.24) is 0 Å². The molecule has 0 amide bonds. The first-order valence-electron chi connectivity index (χ1n) is 7.23. The molecule has 0 unspecified atom stereocenters. The minimum atomic E-state index is 0.197. The van der Waals surface area contributed by atoms with E-state index in [2.05, 4.69) is 60.3 Å². The molecule has 1 aliphatic carbocycles. The summed E-state index contributed by atoms with van der Waals surface area (Å²) in [6.07, 6.45) is 5.22. The third kappa shape index (κ3) is 1.27. The van der Waals surface area contributed by atoms with Crippen molar-refractivity contribution in [3.8, 4) is 0 Å². The molecule has 1 fully saturated rings. The number of hydrogen-bond donors (Lipinski definition) is 0. The van der Waals surface area contributed by atoms with Gasteiger partial charge in [0.05, 0.1) is 0 Å². The van der Waals surface area contributed by atoms with E-state index in [9.17, 15) is 0 Å². The number of nitrogens with zero attached hydrogens (tertiary/aromatic N) is 2. The number of benzene rings is 2. The van der Waals surface area contributed by atoms with Crippen LogP contribution in [0.1, 0.15) is 25.7 Å². The monoisotopic (exact) mass is 252 g/mol. The van der Waals surface area contributed by atoms with Gasteiger partial charge in [-0.05, 0) is 43.2 Å². The Kier molecular flexibility index (Phi) is 2.15. The Hall–Kier alpha value is -1.70. The highest BCUT2D eigenvalue weighted by molar-refractivity contribution is 6.05. The van der Waals surface area contributed by atoms with Crippen LogP contribution < -0.4 is 9.80 Å². The molecule has 1 saturated carbocycles. The van der Waals surface area contributed by atoms with Crippen molar-refractivity contribution in [2.45, 2.75) is 31.3 Å². The van der Waals surface area contributed by atoms with E-state index >= 15 is 0 Å².